The molecule has 0 spiro atoms. The third-order valence-corrected chi connectivity index (χ3v) is 5.68. The van der Waals surface area contributed by atoms with Crippen LogP contribution in [0.5, 0.6) is 0 Å². The number of rotatable bonds is 7. The molecule has 30 heavy (non-hydrogen) atoms. The summed E-state index contributed by atoms with van der Waals surface area (Å²) in [5, 5.41) is 12.4. The van der Waals surface area contributed by atoms with Crippen LogP contribution in [0.1, 0.15) is 17.5 Å². The van der Waals surface area contributed by atoms with Gasteiger partial charge in [0.25, 0.3) is 10.1 Å². The highest BCUT2D eigenvalue weighted by molar-refractivity contribution is 9.10. The number of aromatic nitrogens is 2. The lowest BCUT2D eigenvalue weighted by Crippen LogP contribution is -2.26. The minimum atomic E-state index is -4.02. The van der Waals surface area contributed by atoms with Crippen molar-refractivity contribution in [1.29, 1.82) is 0 Å². The Morgan fingerprint density at radius 1 is 1.07 bits per heavy atom. The molecular weight excluding hydrogens is 470 g/mol. The van der Waals surface area contributed by atoms with E-state index in [9.17, 15) is 8.42 Å². The summed E-state index contributed by atoms with van der Waals surface area (Å²) in [5.74, 6) is -0.327. The van der Waals surface area contributed by atoms with Gasteiger partial charge in [-0.3, -0.25) is 9.12 Å². The van der Waals surface area contributed by atoms with Gasteiger partial charge in [-0.25, -0.2) is 0 Å². The van der Waals surface area contributed by atoms with E-state index >= 15 is 0 Å². The van der Waals surface area contributed by atoms with Crippen LogP contribution in [0, 0.1) is 13.8 Å². The summed E-state index contributed by atoms with van der Waals surface area (Å²) in [5.41, 5.74) is 4.21. The molecule has 0 amide bonds. The number of halogens is 1. The zero-order chi connectivity index (χ0) is 21.7. The standard InChI is InChI=1S/C20H22BrN5O3S/c1-15-13-17(21)14-16(2)19(15)26-11-10-25(9-6-12-30(27,28)29)20(26)23-24-22-18-7-4-3-5-8-18/h3-5,7-8,10-11,13-14H,6,9,12H2,1-2H3,(H,27,28,29)/b23-20-,24-22?. The van der Waals surface area contributed by atoms with Gasteiger partial charge in [0.1, 0.15) is 0 Å². The van der Waals surface area contributed by atoms with Crippen molar-refractivity contribution >= 4 is 31.7 Å². The third-order valence-electron chi connectivity index (χ3n) is 4.42. The molecule has 0 radical (unpaired) electrons. The van der Waals surface area contributed by atoms with Gasteiger partial charge < -0.3 is 4.57 Å². The number of nitrogens with zero attached hydrogens (tertiary/aromatic N) is 5. The minimum Gasteiger partial charge on any atom is -0.315 e. The fourth-order valence-electron chi connectivity index (χ4n) is 3.18. The largest absolute Gasteiger partial charge is 0.315 e. The van der Waals surface area contributed by atoms with E-state index in [1.165, 1.54) is 0 Å². The summed E-state index contributed by atoms with van der Waals surface area (Å²) in [6, 6.07) is 13.3. The molecule has 3 aromatic rings. The Labute approximate surface area is 183 Å². The lowest BCUT2D eigenvalue weighted by atomic mass is 10.1. The molecule has 0 aliphatic carbocycles. The van der Waals surface area contributed by atoms with E-state index in [-0.39, 0.29) is 12.2 Å². The minimum absolute atomic E-state index is 0.240. The van der Waals surface area contributed by atoms with Gasteiger partial charge in [0, 0.05) is 23.4 Å². The first-order valence-electron chi connectivity index (χ1n) is 9.24. The number of hydrogen-bond acceptors (Lipinski definition) is 4. The van der Waals surface area contributed by atoms with E-state index in [0.29, 0.717) is 17.9 Å². The third kappa shape index (κ3) is 5.74. The number of benzene rings is 2. The van der Waals surface area contributed by atoms with Gasteiger partial charge in [-0.05, 0) is 60.9 Å². The van der Waals surface area contributed by atoms with Crippen molar-refractivity contribution in [3.8, 4) is 5.69 Å². The first-order chi connectivity index (χ1) is 14.2. The van der Waals surface area contributed by atoms with Gasteiger partial charge in [0.2, 0.25) is 5.62 Å². The zero-order valence-electron chi connectivity index (χ0n) is 16.6. The molecule has 0 bridgehead atoms. The summed E-state index contributed by atoms with van der Waals surface area (Å²) in [6.45, 7) is 4.36. The summed E-state index contributed by atoms with van der Waals surface area (Å²) in [4.78, 5) is 0. The average molecular weight is 492 g/mol. The fraction of sp³-hybridized carbons (Fsp3) is 0.250. The summed E-state index contributed by atoms with van der Waals surface area (Å²) in [7, 11) is -4.02. The Bertz CT molecular complexity index is 1210. The molecule has 1 N–H and O–H groups in total. The molecule has 3 rings (SSSR count). The molecule has 0 aliphatic rings. The van der Waals surface area contributed by atoms with Crippen LogP contribution in [-0.2, 0) is 16.7 Å². The molecule has 0 atom stereocenters. The number of aryl methyl sites for hydroxylation is 3. The SMILES string of the molecule is Cc1cc(Br)cc(C)c1-n1ccn(CCCS(=O)(=O)O)/c1=N/N=Nc1ccccc1. The molecule has 1 aromatic heterocycles. The second-order valence-electron chi connectivity index (χ2n) is 6.81. The Morgan fingerprint density at radius 2 is 1.73 bits per heavy atom. The second kappa shape index (κ2) is 9.50. The predicted molar refractivity (Wildman–Crippen MR) is 118 cm³/mol. The summed E-state index contributed by atoms with van der Waals surface area (Å²) >= 11 is 3.51. The van der Waals surface area contributed by atoms with Crippen molar-refractivity contribution in [2.24, 2.45) is 15.4 Å². The molecular formula is C20H22BrN5O3S. The molecule has 8 nitrogen and oxygen atoms in total. The van der Waals surface area contributed by atoms with E-state index < -0.39 is 10.1 Å². The van der Waals surface area contributed by atoms with E-state index in [4.69, 9.17) is 4.55 Å². The van der Waals surface area contributed by atoms with Crippen molar-refractivity contribution in [2.45, 2.75) is 26.8 Å². The summed E-state index contributed by atoms with van der Waals surface area (Å²) in [6.07, 6.45) is 3.90. The highest BCUT2D eigenvalue weighted by Gasteiger charge is 2.12. The van der Waals surface area contributed by atoms with Crippen LogP contribution in [0.3, 0.4) is 0 Å². The van der Waals surface area contributed by atoms with Gasteiger partial charge in [0.05, 0.1) is 17.1 Å². The van der Waals surface area contributed by atoms with Gasteiger partial charge in [-0.2, -0.15) is 8.42 Å². The summed E-state index contributed by atoms with van der Waals surface area (Å²) < 4.78 is 35.8. The van der Waals surface area contributed by atoms with E-state index in [1.807, 2.05) is 73.3 Å². The maximum absolute atomic E-state index is 11.1. The smallest absolute Gasteiger partial charge is 0.264 e. The molecule has 158 valence electrons. The first kappa shape index (κ1) is 22.1. The topological polar surface area (TPSA) is 101 Å². The van der Waals surface area contributed by atoms with Crippen molar-refractivity contribution in [2.75, 3.05) is 5.75 Å². The van der Waals surface area contributed by atoms with Crippen LogP contribution in [0.4, 0.5) is 5.69 Å². The average Bonchev–Trinajstić information content (AvgIpc) is 3.03. The molecule has 10 heteroatoms. The molecule has 1 heterocycles. The quantitative estimate of drug-likeness (QED) is 0.298. The van der Waals surface area contributed by atoms with Crippen LogP contribution >= 0.6 is 15.9 Å². The van der Waals surface area contributed by atoms with Gasteiger partial charge in [0.15, 0.2) is 0 Å². The van der Waals surface area contributed by atoms with E-state index in [0.717, 1.165) is 21.3 Å². The van der Waals surface area contributed by atoms with Crippen molar-refractivity contribution < 1.29 is 13.0 Å². The maximum Gasteiger partial charge on any atom is 0.264 e. The first-order valence-corrected chi connectivity index (χ1v) is 11.6. The molecule has 2 aromatic carbocycles. The molecule has 0 aliphatic heterocycles. The van der Waals surface area contributed by atoms with Crippen molar-refractivity contribution in [1.82, 2.24) is 9.13 Å². The molecule has 0 unspecified atom stereocenters. The highest BCUT2D eigenvalue weighted by atomic mass is 79.9. The Kier molecular flexibility index (Phi) is 7.01. The monoisotopic (exact) mass is 491 g/mol. The predicted octanol–water partition coefficient (Wildman–Crippen LogP) is 4.54. The zero-order valence-corrected chi connectivity index (χ0v) is 19.0. The second-order valence-corrected chi connectivity index (χ2v) is 9.30. The molecule has 0 saturated heterocycles. The lowest BCUT2D eigenvalue weighted by molar-refractivity contribution is 0.477. The van der Waals surface area contributed by atoms with Crippen molar-refractivity contribution in [3.05, 3.63) is 76.1 Å². The maximum atomic E-state index is 11.1. The molecule has 0 fully saturated rings. The van der Waals surface area contributed by atoms with E-state index in [2.05, 4.69) is 31.4 Å². The Hall–Kier alpha value is -2.56. The normalized spacial score (nSPS) is 12.7. The van der Waals surface area contributed by atoms with Gasteiger partial charge in [-0.1, -0.05) is 39.2 Å². The Balaban J connectivity index is 2.05. The van der Waals surface area contributed by atoms with Gasteiger partial charge in [-0.15, -0.1) is 5.11 Å². The van der Waals surface area contributed by atoms with Crippen LogP contribution in [0.25, 0.3) is 5.69 Å². The lowest BCUT2D eigenvalue weighted by Gasteiger charge is -2.12. The molecule has 0 saturated carbocycles. The highest BCUT2D eigenvalue weighted by Crippen LogP contribution is 2.23. The van der Waals surface area contributed by atoms with Crippen LogP contribution in [-0.4, -0.2) is 27.9 Å². The van der Waals surface area contributed by atoms with Crippen LogP contribution < -0.4 is 5.62 Å². The number of hydrogen-bond donors (Lipinski definition) is 1. The Morgan fingerprint density at radius 3 is 2.37 bits per heavy atom. The van der Waals surface area contributed by atoms with Crippen LogP contribution in [0.15, 0.2) is 74.8 Å². The van der Waals surface area contributed by atoms with Crippen molar-refractivity contribution in [3.63, 3.8) is 0 Å². The van der Waals surface area contributed by atoms with Crippen LogP contribution in [0.2, 0.25) is 0 Å². The van der Waals surface area contributed by atoms with Gasteiger partial charge >= 0.3 is 0 Å². The fourth-order valence-corrected chi connectivity index (χ4v) is 4.36. The number of imidazole rings is 1. The van der Waals surface area contributed by atoms with E-state index in [1.54, 1.807) is 4.57 Å².